The van der Waals surface area contributed by atoms with Crippen LogP contribution in [0.25, 0.3) is 0 Å². The van der Waals surface area contributed by atoms with Gasteiger partial charge in [0.25, 0.3) is 7.82 Å². The van der Waals surface area contributed by atoms with Crippen LogP contribution in [0, 0.1) is 0 Å². The van der Waals surface area contributed by atoms with Crippen molar-refractivity contribution in [3.8, 4) is 0 Å². The Balaban J connectivity index is 3.89. The highest BCUT2D eigenvalue weighted by molar-refractivity contribution is 7.45. The molecule has 474 valence electrons. The molecule has 0 aliphatic carbocycles. The van der Waals surface area contributed by atoms with Gasteiger partial charge in [-0.25, -0.2) is 0 Å². The quantitative estimate of drug-likeness (QED) is 0.0195. The van der Waals surface area contributed by atoms with Crippen LogP contribution < -0.4 is 4.89 Å². The summed E-state index contributed by atoms with van der Waals surface area (Å²) in [5.41, 5.74) is 0. The lowest BCUT2D eigenvalue weighted by Crippen LogP contribution is -2.37. The van der Waals surface area contributed by atoms with Gasteiger partial charge in [-0.2, -0.15) is 0 Å². The van der Waals surface area contributed by atoms with E-state index in [-0.39, 0.29) is 32.0 Å². The number of hydrogen-bond donors (Lipinski definition) is 0. The van der Waals surface area contributed by atoms with Gasteiger partial charge in [-0.15, -0.1) is 0 Å². The predicted octanol–water partition coefficient (Wildman–Crippen LogP) is 21.9. The number of allylic oxidation sites excluding steroid dienone is 4. The van der Waals surface area contributed by atoms with E-state index in [9.17, 15) is 19.0 Å². The number of rotatable bonds is 66. The van der Waals surface area contributed by atoms with E-state index in [2.05, 4.69) is 38.2 Å². The molecule has 0 amide bonds. The first-order valence-corrected chi connectivity index (χ1v) is 36.5. The molecule has 0 aromatic rings. The van der Waals surface area contributed by atoms with Gasteiger partial charge in [0.15, 0.2) is 6.10 Å². The summed E-state index contributed by atoms with van der Waals surface area (Å²) in [7, 11) is 1.18. The summed E-state index contributed by atoms with van der Waals surface area (Å²) in [6, 6.07) is 0. The number of likely N-dealkylation sites (N-methyl/N-ethyl adjacent to an activating group) is 1. The first-order chi connectivity index (χ1) is 39.0. The summed E-state index contributed by atoms with van der Waals surface area (Å²) < 4.78 is 34.3. The summed E-state index contributed by atoms with van der Waals surface area (Å²) in [5.74, 6) is -0.819. The van der Waals surface area contributed by atoms with Crippen LogP contribution >= 0.6 is 7.82 Å². The minimum absolute atomic E-state index is 0.0291. The number of carbonyl (C=O) groups excluding carboxylic acids is 2. The molecule has 2 unspecified atom stereocenters. The van der Waals surface area contributed by atoms with Gasteiger partial charge in [-0.1, -0.05) is 327 Å². The highest BCUT2D eigenvalue weighted by atomic mass is 31.2. The Hall–Kier alpha value is -1.51. The molecule has 0 radical (unpaired) electrons. The Bertz CT molecular complexity index is 1400. The number of quaternary nitrogens is 1. The molecule has 10 heteroatoms. The molecule has 0 N–H and O–H groups in total. The maximum atomic E-state index is 12.8. The van der Waals surface area contributed by atoms with E-state index in [1.165, 1.54) is 276 Å². The maximum absolute atomic E-state index is 12.8. The predicted molar refractivity (Wildman–Crippen MR) is 342 cm³/mol. The molecular weight excluding hydrogens is 1010 g/mol. The van der Waals surface area contributed by atoms with Crippen LogP contribution in [0.4, 0.5) is 0 Å². The van der Waals surface area contributed by atoms with Crippen LogP contribution in [0.15, 0.2) is 24.3 Å². The summed E-state index contributed by atoms with van der Waals surface area (Å²) >= 11 is 0. The van der Waals surface area contributed by atoms with Crippen molar-refractivity contribution in [2.75, 3.05) is 47.5 Å². The second kappa shape index (κ2) is 62.0. The maximum Gasteiger partial charge on any atom is 0.306 e. The normalized spacial score (nSPS) is 13.2. The number of phosphoric acid groups is 1. The van der Waals surface area contributed by atoms with Gasteiger partial charge in [-0.3, -0.25) is 14.2 Å². The standard InChI is InChI=1S/C70H136NO8P/c1-6-8-10-12-14-16-18-20-22-24-26-27-28-29-30-31-32-33-34-35-36-37-38-39-40-41-42-43-45-46-48-50-52-54-56-58-60-62-69(72)76-66-68(67-78-80(74,75)77-65-64-71(3,4)5)79-70(73)63-61-59-57-55-53-51-49-47-44-25-23-21-19-17-15-13-11-9-7-2/h15,17,21,23,68H,6-14,16,18-20,22,24-67H2,1-5H3/b17-15-,23-21-. The minimum Gasteiger partial charge on any atom is -0.756 e. The van der Waals surface area contributed by atoms with Crippen LogP contribution in [0.3, 0.4) is 0 Å². The van der Waals surface area contributed by atoms with E-state index >= 15 is 0 Å². The van der Waals surface area contributed by atoms with Crippen LogP contribution in [-0.4, -0.2) is 70.0 Å². The number of esters is 2. The second-order valence-corrected chi connectivity index (χ2v) is 26.7. The van der Waals surface area contributed by atoms with Gasteiger partial charge in [0, 0.05) is 12.8 Å². The zero-order chi connectivity index (χ0) is 58.4. The Labute approximate surface area is 498 Å². The van der Waals surface area contributed by atoms with Crippen LogP contribution in [0.2, 0.25) is 0 Å². The number of nitrogens with zero attached hydrogens (tertiary/aromatic N) is 1. The molecule has 0 aliphatic heterocycles. The van der Waals surface area contributed by atoms with Crippen LogP contribution in [0.5, 0.6) is 0 Å². The molecule has 0 aliphatic rings. The molecule has 0 aromatic carbocycles. The van der Waals surface area contributed by atoms with Gasteiger partial charge in [-0.05, 0) is 44.9 Å². The Kier molecular flexibility index (Phi) is 60.9. The summed E-state index contributed by atoms with van der Waals surface area (Å²) in [5, 5.41) is 0. The fraction of sp³-hybridized carbons (Fsp3) is 0.914. The molecule has 0 saturated heterocycles. The lowest BCUT2D eigenvalue weighted by atomic mass is 10.0. The molecule has 0 aromatic heterocycles. The Morgan fingerprint density at radius 3 is 1.01 bits per heavy atom. The molecule has 0 rings (SSSR count). The second-order valence-electron chi connectivity index (χ2n) is 25.3. The van der Waals surface area contributed by atoms with Crippen molar-refractivity contribution in [1.29, 1.82) is 0 Å². The largest absolute Gasteiger partial charge is 0.756 e. The van der Waals surface area contributed by atoms with E-state index in [1.807, 2.05) is 21.1 Å². The average molecular weight is 1150 g/mol. The first-order valence-electron chi connectivity index (χ1n) is 35.0. The topological polar surface area (TPSA) is 111 Å². The molecule has 0 spiro atoms. The molecule has 80 heavy (non-hydrogen) atoms. The third-order valence-corrected chi connectivity index (χ3v) is 16.9. The fourth-order valence-electron chi connectivity index (χ4n) is 10.6. The zero-order valence-corrected chi connectivity index (χ0v) is 55.0. The number of carbonyl (C=O) groups is 2. The molecule has 0 saturated carbocycles. The number of phosphoric ester groups is 1. The van der Waals surface area contributed by atoms with Gasteiger partial charge in [0.05, 0.1) is 27.7 Å². The van der Waals surface area contributed by atoms with Crippen molar-refractivity contribution < 1.29 is 42.1 Å². The number of ether oxygens (including phenoxy) is 2. The van der Waals surface area contributed by atoms with Gasteiger partial charge >= 0.3 is 11.9 Å². The Morgan fingerprint density at radius 1 is 0.388 bits per heavy atom. The van der Waals surface area contributed by atoms with Crippen LogP contribution in [0.1, 0.15) is 361 Å². The van der Waals surface area contributed by atoms with Crippen molar-refractivity contribution in [2.45, 2.75) is 367 Å². The summed E-state index contributed by atoms with van der Waals surface area (Å²) in [6.45, 7) is 4.27. The summed E-state index contributed by atoms with van der Waals surface area (Å²) in [4.78, 5) is 38.0. The van der Waals surface area contributed by atoms with Gasteiger partial charge < -0.3 is 27.9 Å². The highest BCUT2D eigenvalue weighted by Crippen LogP contribution is 2.38. The lowest BCUT2D eigenvalue weighted by molar-refractivity contribution is -0.870. The van der Waals surface area contributed by atoms with Gasteiger partial charge in [0.2, 0.25) is 0 Å². The SMILES string of the molecule is CCCCC/C=C\C/C=C\CCCCCCCCCCCC(=O)OC(COC(=O)CCCCCCCCCCCCCCCCCCCCCCCCCCCCCCCCCCCCCCC)COP(=O)([O-])OCC[N+](C)(C)C. The molecule has 0 fully saturated rings. The molecule has 9 nitrogen and oxygen atoms in total. The van der Waals surface area contributed by atoms with E-state index < -0.39 is 26.5 Å². The lowest BCUT2D eigenvalue weighted by Gasteiger charge is -2.28. The third-order valence-electron chi connectivity index (χ3n) is 16.0. The van der Waals surface area contributed by atoms with E-state index in [1.54, 1.807) is 0 Å². The van der Waals surface area contributed by atoms with Crippen molar-refractivity contribution in [1.82, 2.24) is 0 Å². The Morgan fingerprint density at radius 2 is 0.675 bits per heavy atom. The van der Waals surface area contributed by atoms with Crippen molar-refractivity contribution in [3.63, 3.8) is 0 Å². The van der Waals surface area contributed by atoms with Crippen molar-refractivity contribution >= 4 is 19.8 Å². The fourth-order valence-corrected chi connectivity index (χ4v) is 11.3. The van der Waals surface area contributed by atoms with E-state index in [0.29, 0.717) is 17.4 Å². The number of unbranched alkanes of at least 4 members (excludes halogenated alkanes) is 48. The van der Waals surface area contributed by atoms with E-state index in [0.717, 1.165) is 51.4 Å². The van der Waals surface area contributed by atoms with Crippen LogP contribution in [-0.2, 0) is 32.7 Å². The van der Waals surface area contributed by atoms with Gasteiger partial charge in [0.1, 0.15) is 19.8 Å². The van der Waals surface area contributed by atoms with Crippen molar-refractivity contribution in [3.05, 3.63) is 24.3 Å². The highest BCUT2D eigenvalue weighted by Gasteiger charge is 2.22. The zero-order valence-electron chi connectivity index (χ0n) is 54.1. The average Bonchev–Trinajstić information content (AvgIpc) is 3.42. The molecule has 0 heterocycles. The monoisotopic (exact) mass is 1150 g/mol. The smallest absolute Gasteiger partial charge is 0.306 e. The molecule has 0 bridgehead atoms. The minimum atomic E-state index is -4.64. The molecular formula is C70H136NO8P. The van der Waals surface area contributed by atoms with E-state index in [4.69, 9.17) is 18.5 Å². The third kappa shape index (κ3) is 65.6. The first kappa shape index (κ1) is 78.5. The van der Waals surface area contributed by atoms with Crippen molar-refractivity contribution in [2.24, 2.45) is 0 Å². The molecule has 2 atom stereocenters. The number of hydrogen-bond acceptors (Lipinski definition) is 8. The summed E-state index contributed by atoms with van der Waals surface area (Å²) in [6.07, 6.45) is 77.1.